The molecule has 2 aliphatic rings. The number of nitrogens with zero attached hydrogens (tertiary/aromatic N) is 3. The lowest BCUT2D eigenvalue weighted by Gasteiger charge is -2.32. The number of hydrogen-bond donors (Lipinski definition) is 2. The summed E-state index contributed by atoms with van der Waals surface area (Å²) in [6, 6.07) is 4.94. The van der Waals surface area contributed by atoms with E-state index in [2.05, 4.69) is 20.3 Å². The van der Waals surface area contributed by atoms with Crippen molar-refractivity contribution in [1.82, 2.24) is 20.3 Å². The van der Waals surface area contributed by atoms with Gasteiger partial charge in [-0.25, -0.2) is 9.37 Å². The van der Waals surface area contributed by atoms with E-state index >= 15 is 0 Å². The Morgan fingerprint density at radius 1 is 1.24 bits per heavy atom. The number of methoxy groups -OCH3 is 1. The molecule has 2 N–H and O–H groups in total. The van der Waals surface area contributed by atoms with Gasteiger partial charge in [0.05, 0.1) is 55.0 Å². The minimum atomic E-state index is -2.48. The fourth-order valence-electron chi connectivity index (χ4n) is 4.03. The molecule has 5 rings (SSSR count). The maximum absolute atomic E-state index is 14.8. The summed E-state index contributed by atoms with van der Waals surface area (Å²) in [5, 5.41) is 14.3. The molecule has 3 aromatic rings. The minimum Gasteiger partial charge on any atom is -0.486 e. The van der Waals surface area contributed by atoms with Crippen LogP contribution in [0.2, 0.25) is 0 Å². The van der Waals surface area contributed by atoms with Crippen molar-refractivity contribution in [2.24, 2.45) is 0 Å². The molecule has 9 nitrogen and oxygen atoms in total. The van der Waals surface area contributed by atoms with Gasteiger partial charge in [0, 0.05) is 39.4 Å². The van der Waals surface area contributed by atoms with Crippen LogP contribution in [0.4, 0.5) is 4.39 Å². The molecule has 0 unspecified atom stereocenters. The number of aliphatic hydroxyl groups is 1. The van der Waals surface area contributed by atoms with Crippen molar-refractivity contribution >= 4 is 11.0 Å². The van der Waals surface area contributed by atoms with Gasteiger partial charge in [0.2, 0.25) is 5.88 Å². The van der Waals surface area contributed by atoms with Crippen LogP contribution in [0.25, 0.3) is 11.0 Å². The lowest BCUT2D eigenvalue weighted by atomic mass is 9.96. The van der Waals surface area contributed by atoms with Gasteiger partial charge in [0.1, 0.15) is 19.0 Å². The number of aliphatic hydroxyl groups excluding tert-OH is 1. The summed E-state index contributed by atoms with van der Waals surface area (Å²) < 4.78 is 54.1. The highest BCUT2D eigenvalue weighted by Gasteiger charge is 2.29. The summed E-state index contributed by atoms with van der Waals surface area (Å²) in [6.07, 6.45) is -1.33. The highest BCUT2D eigenvalue weighted by Crippen LogP contribution is 2.29. The average Bonchev–Trinajstić information content (AvgIpc) is 2.91. The molecule has 10 heteroatoms. The molecular formula is C24H27FN4O5. The topological polar surface area (TPSA) is 108 Å². The maximum atomic E-state index is 14.8. The van der Waals surface area contributed by atoms with E-state index in [0.717, 1.165) is 11.9 Å². The molecule has 0 aliphatic carbocycles. The molecule has 0 aromatic carbocycles. The lowest BCUT2D eigenvalue weighted by molar-refractivity contribution is -0.0719. The first kappa shape index (κ1) is 20.3. The Bertz CT molecular complexity index is 1240. The Labute approximate surface area is 199 Å². The van der Waals surface area contributed by atoms with E-state index < -0.39 is 24.4 Å². The van der Waals surface area contributed by atoms with Crippen LogP contribution in [-0.2, 0) is 17.7 Å². The van der Waals surface area contributed by atoms with Gasteiger partial charge in [-0.1, -0.05) is 0 Å². The first-order valence-corrected chi connectivity index (χ1v) is 11.1. The van der Waals surface area contributed by atoms with Crippen LogP contribution in [-0.4, -0.2) is 65.2 Å². The summed E-state index contributed by atoms with van der Waals surface area (Å²) in [6.45, 7) is 1.75. The van der Waals surface area contributed by atoms with E-state index in [0.29, 0.717) is 49.6 Å². The fraction of sp³-hybridized carbons (Fsp3) is 0.458. The number of ether oxygens (including phenoxy) is 4. The van der Waals surface area contributed by atoms with E-state index in [1.54, 1.807) is 18.3 Å². The third-order valence-electron chi connectivity index (χ3n) is 5.86. The molecule has 0 radical (unpaired) electrons. The minimum absolute atomic E-state index is 0.000631. The smallest absolute Gasteiger partial charge is 0.213 e. The van der Waals surface area contributed by atoms with Crippen LogP contribution in [0.1, 0.15) is 26.8 Å². The Kier molecular flexibility index (Phi) is 6.00. The van der Waals surface area contributed by atoms with Gasteiger partial charge in [0.25, 0.3) is 0 Å². The summed E-state index contributed by atoms with van der Waals surface area (Å²) in [7, 11) is 1.41. The van der Waals surface area contributed by atoms with Crippen LogP contribution in [0.3, 0.4) is 0 Å². The van der Waals surface area contributed by atoms with Gasteiger partial charge in [-0.05, 0) is 18.9 Å². The second-order valence-electron chi connectivity index (χ2n) is 8.14. The normalized spacial score (nSPS) is 22.1. The molecule has 1 saturated heterocycles. The molecule has 0 bridgehead atoms. The SMILES string of the molecule is [2H]C([2H])(c1c(F)cnc2ccc(OC)nc12)[C@H](O)[C@@H]1CC[C@@H](NCc2cc3c(cn2)OCCO3)CO1. The lowest BCUT2D eigenvalue weighted by Crippen LogP contribution is -2.44. The van der Waals surface area contributed by atoms with Crippen LogP contribution in [0.15, 0.2) is 30.6 Å². The van der Waals surface area contributed by atoms with E-state index in [-0.39, 0.29) is 29.6 Å². The molecule has 3 atom stereocenters. The Morgan fingerprint density at radius 3 is 2.88 bits per heavy atom. The fourth-order valence-corrected chi connectivity index (χ4v) is 4.03. The predicted molar refractivity (Wildman–Crippen MR) is 121 cm³/mol. The van der Waals surface area contributed by atoms with Crippen molar-refractivity contribution in [2.75, 3.05) is 26.9 Å². The quantitative estimate of drug-likeness (QED) is 0.535. The zero-order chi connectivity index (χ0) is 25.3. The number of halogens is 1. The van der Waals surface area contributed by atoms with Crippen molar-refractivity contribution in [1.29, 1.82) is 0 Å². The molecule has 0 amide bonds. The van der Waals surface area contributed by atoms with E-state index in [1.165, 1.54) is 7.11 Å². The third-order valence-corrected chi connectivity index (χ3v) is 5.86. The maximum Gasteiger partial charge on any atom is 0.213 e. The van der Waals surface area contributed by atoms with Gasteiger partial charge in [-0.15, -0.1) is 0 Å². The van der Waals surface area contributed by atoms with Gasteiger partial charge < -0.3 is 29.4 Å². The second-order valence-corrected chi connectivity index (χ2v) is 8.14. The highest BCUT2D eigenvalue weighted by molar-refractivity contribution is 5.78. The van der Waals surface area contributed by atoms with Gasteiger partial charge in [-0.3, -0.25) is 9.97 Å². The standard InChI is InChI=1S/C24H27FN4O5/c1-31-23-5-3-18-24(29-23)16(17(25)11-28-18)9-19(30)20-4-2-14(13-34-20)26-10-15-8-21-22(12-27-15)33-7-6-32-21/h3,5,8,11-12,14,19-20,26,30H,2,4,6-7,9-10,13H2,1H3/t14-,19+,20+/m1/s1/i9D2. The number of pyridine rings is 3. The summed E-state index contributed by atoms with van der Waals surface area (Å²) in [4.78, 5) is 12.5. The van der Waals surface area contributed by atoms with Crippen LogP contribution in [0, 0.1) is 5.82 Å². The van der Waals surface area contributed by atoms with Crippen molar-refractivity contribution in [2.45, 2.75) is 44.0 Å². The van der Waals surface area contributed by atoms with E-state index in [9.17, 15) is 9.50 Å². The highest BCUT2D eigenvalue weighted by atomic mass is 19.1. The van der Waals surface area contributed by atoms with E-state index in [1.807, 2.05) is 6.07 Å². The first-order valence-electron chi connectivity index (χ1n) is 12.1. The van der Waals surface area contributed by atoms with Crippen molar-refractivity contribution < 1.29 is 31.2 Å². The summed E-state index contributed by atoms with van der Waals surface area (Å²) in [5.74, 6) is 0.594. The number of rotatable bonds is 7. The Balaban J connectivity index is 1.24. The van der Waals surface area contributed by atoms with Crippen LogP contribution >= 0.6 is 0 Å². The summed E-state index contributed by atoms with van der Waals surface area (Å²) >= 11 is 0. The molecule has 0 spiro atoms. The third kappa shape index (κ3) is 4.89. The average molecular weight is 473 g/mol. The first-order chi connectivity index (χ1) is 17.4. The number of hydrogen-bond acceptors (Lipinski definition) is 9. The number of nitrogens with one attached hydrogen (secondary N) is 1. The van der Waals surface area contributed by atoms with Gasteiger partial charge in [-0.2, -0.15) is 0 Å². The molecule has 5 heterocycles. The number of aromatic nitrogens is 3. The second kappa shape index (κ2) is 10.0. The van der Waals surface area contributed by atoms with E-state index in [4.69, 9.17) is 21.7 Å². The van der Waals surface area contributed by atoms with Crippen molar-refractivity contribution in [3.05, 3.63) is 47.7 Å². The zero-order valence-electron chi connectivity index (χ0n) is 20.7. The van der Waals surface area contributed by atoms with Gasteiger partial charge >= 0.3 is 0 Å². The Hall–Kier alpha value is -3.08. The largest absolute Gasteiger partial charge is 0.486 e. The predicted octanol–water partition coefficient (Wildman–Crippen LogP) is 2.18. The molecule has 1 fully saturated rings. The molecule has 34 heavy (non-hydrogen) atoms. The molecular weight excluding hydrogens is 443 g/mol. The number of fused-ring (bicyclic) bond motifs is 2. The zero-order valence-corrected chi connectivity index (χ0v) is 18.7. The molecule has 3 aromatic heterocycles. The van der Waals surface area contributed by atoms with Gasteiger partial charge in [0.15, 0.2) is 11.5 Å². The molecule has 180 valence electrons. The Morgan fingerprint density at radius 2 is 2.09 bits per heavy atom. The monoisotopic (exact) mass is 472 g/mol. The summed E-state index contributed by atoms with van der Waals surface area (Å²) in [5.41, 5.74) is 0.721. The van der Waals surface area contributed by atoms with Crippen LogP contribution in [0.5, 0.6) is 17.4 Å². The molecule has 2 aliphatic heterocycles. The van der Waals surface area contributed by atoms with Crippen LogP contribution < -0.4 is 19.5 Å². The van der Waals surface area contributed by atoms with Crippen molar-refractivity contribution in [3.63, 3.8) is 0 Å². The van der Waals surface area contributed by atoms with Crippen molar-refractivity contribution in [3.8, 4) is 17.4 Å². The molecule has 0 saturated carbocycles.